The van der Waals surface area contributed by atoms with E-state index in [1.165, 1.54) is 6.08 Å². The van der Waals surface area contributed by atoms with E-state index in [9.17, 15) is 10.1 Å². The Hall–Kier alpha value is -4.24. The van der Waals surface area contributed by atoms with E-state index in [1.54, 1.807) is 12.3 Å². The first-order valence-corrected chi connectivity index (χ1v) is 9.42. The van der Waals surface area contributed by atoms with Gasteiger partial charge in [-0.15, -0.1) is 0 Å². The number of nitrogens with one attached hydrogen (secondary N) is 1. The minimum absolute atomic E-state index is 0.327. The summed E-state index contributed by atoms with van der Waals surface area (Å²) >= 11 is 0. The highest BCUT2D eigenvalue weighted by molar-refractivity contribution is 6.00. The topological polar surface area (TPSA) is 91.7 Å². The quantitative estimate of drug-likeness (QED) is 0.468. The molecular formula is C24H18N4O2. The minimum atomic E-state index is -0.977. The summed E-state index contributed by atoms with van der Waals surface area (Å²) in [6.45, 7) is 0.385. The molecule has 1 unspecified atom stereocenters. The summed E-state index contributed by atoms with van der Waals surface area (Å²) in [6, 6.07) is 22.5. The van der Waals surface area contributed by atoms with Gasteiger partial charge in [-0.25, -0.2) is 4.98 Å². The molecule has 1 N–H and O–H groups in total. The molecule has 6 heteroatoms. The number of aromatic nitrogens is 3. The summed E-state index contributed by atoms with van der Waals surface area (Å²) in [5, 5.41) is 9.48. The van der Waals surface area contributed by atoms with Crippen LogP contribution in [0.5, 0.6) is 5.75 Å². The zero-order chi connectivity index (χ0) is 20.8. The number of carbonyl (C=O) groups is 1. The Kier molecular flexibility index (Phi) is 5.63. The summed E-state index contributed by atoms with van der Waals surface area (Å²) < 4.78 is 5.71. The lowest BCUT2D eigenvalue weighted by Crippen LogP contribution is -2.09. The Morgan fingerprint density at radius 3 is 2.63 bits per heavy atom. The molecule has 2 aromatic heterocycles. The third kappa shape index (κ3) is 4.42. The molecule has 0 aliphatic heterocycles. The number of H-pyrrole nitrogens is 1. The lowest BCUT2D eigenvalue weighted by atomic mass is 10.0. The van der Waals surface area contributed by atoms with Gasteiger partial charge in [0, 0.05) is 6.20 Å². The molecule has 4 rings (SSSR count). The van der Waals surface area contributed by atoms with E-state index in [0.29, 0.717) is 18.2 Å². The van der Waals surface area contributed by atoms with Crippen LogP contribution in [0.2, 0.25) is 0 Å². The van der Waals surface area contributed by atoms with Crippen LogP contribution in [-0.2, 0) is 11.4 Å². The molecule has 0 saturated heterocycles. The van der Waals surface area contributed by atoms with Crippen molar-refractivity contribution >= 4 is 22.9 Å². The van der Waals surface area contributed by atoms with E-state index in [2.05, 4.69) is 15.0 Å². The Bertz CT molecular complexity index is 1190. The van der Waals surface area contributed by atoms with Gasteiger partial charge in [0.2, 0.25) is 0 Å². The zero-order valence-corrected chi connectivity index (χ0v) is 16.0. The first-order valence-electron chi connectivity index (χ1n) is 9.42. The number of hydrogen-bond donors (Lipinski definition) is 1. The van der Waals surface area contributed by atoms with Crippen molar-refractivity contribution in [1.29, 1.82) is 5.26 Å². The fourth-order valence-corrected chi connectivity index (χ4v) is 2.96. The molecule has 0 aliphatic carbocycles. The number of aromatic amines is 1. The highest BCUT2D eigenvalue weighted by Gasteiger charge is 2.21. The number of nitriles is 1. The zero-order valence-electron chi connectivity index (χ0n) is 16.0. The summed E-state index contributed by atoms with van der Waals surface area (Å²) in [5.41, 5.74) is 3.20. The number of para-hydroxylation sites is 2. The van der Waals surface area contributed by atoms with Gasteiger partial charge in [-0.1, -0.05) is 36.4 Å². The molecule has 0 aliphatic rings. The van der Waals surface area contributed by atoms with Gasteiger partial charge >= 0.3 is 0 Å². The van der Waals surface area contributed by atoms with Crippen LogP contribution in [0.1, 0.15) is 23.0 Å². The number of nitrogens with zero attached hydrogens (tertiary/aromatic N) is 3. The molecule has 0 spiro atoms. The molecule has 2 aromatic carbocycles. The van der Waals surface area contributed by atoms with Gasteiger partial charge in [0.05, 0.1) is 22.8 Å². The molecule has 2 heterocycles. The Morgan fingerprint density at radius 1 is 1.10 bits per heavy atom. The molecule has 0 amide bonds. The van der Waals surface area contributed by atoms with Crippen molar-refractivity contribution in [2.24, 2.45) is 0 Å². The number of ether oxygens (including phenoxy) is 1. The summed E-state index contributed by atoms with van der Waals surface area (Å²) in [5.74, 6) is -0.241. The third-order valence-corrected chi connectivity index (χ3v) is 4.53. The Balaban J connectivity index is 1.40. The number of allylic oxidation sites excluding steroid dienone is 1. The van der Waals surface area contributed by atoms with E-state index in [-0.39, 0.29) is 5.78 Å². The highest BCUT2D eigenvalue weighted by Crippen LogP contribution is 2.19. The number of hydrogen-bond acceptors (Lipinski definition) is 5. The Morgan fingerprint density at radius 2 is 1.90 bits per heavy atom. The third-order valence-electron chi connectivity index (χ3n) is 4.53. The average Bonchev–Trinajstić information content (AvgIpc) is 3.22. The van der Waals surface area contributed by atoms with Gasteiger partial charge in [0.25, 0.3) is 0 Å². The number of rotatable bonds is 7. The standard InChI is InChI=1S/C24H18N4O2/c25-15-20(24-27-21-6-1-2-7-22(21)28-24)23(29)13-10-17-8-11-19(12-9-17)30-16-18-5-3-4-14-26-18/h1-14,20H,16H2,(H,27,28)/b13-10+. The predicted octanol–water partition coefficient (Wildman–Crippen LogP) is 4.43. The van der Waals surface area contributed by atoms with Crippen LogP contribution in [-0.4, -0.2) is 20.7 Å². The molecular weight excluding hydrogens is 376 g/mol. The number of benzene rings is 2. The van der Waals surface area contributed by atoms with Crippen molar-refractivity contribution in [2.45, 2.75) is 12.5 Å². The summed E-state index contributed by atoms with van der Waals surface area (Å²) in [6.07, 6.45) is 4.81. The number of carbonyl (C=O) groups excluding carboxylic acids is 1. The van der Waals surface area contributed by atoms with Crippen molar-refractivity contribution in [3.05, 3.63) is 96.1 Å². The van der Waals surface area contributed by atoms with E-state index in [0.717, 1.165) is 22.3 Å². The number of fused-ring (bicyclic) bond motifs is 1. The Labute approximate surface area is 173 Å². The van der Waals surface area contributed by atoms with Gasteiger partial charge in [0.1, 0.15) is 18.2 Å². The number of imidazole rings is 1. The average molecular weight is 394 g/mol. The maximum Gasteiger partial charge on any atom is 0.180 e. The highest BCUT2D eigenvalue weighted by atomic mass is 16.5. The summed E-state index contributed by atoms with van der Waals surface area (Å²) in [4.78, 5) is 24.2. The maximum atomic E-state index is 12.6. The van der Waals surface area contributed by atoms with Crippen LogP contribution in [0, 0.1) is 11.3 Å². The second kappa shape index (κ2) is 8.84. The molecule has 6 nitrogen and oxygen atoms in total. The van der Waals surface area contributed by atoms with Crippen LogP contribution in [0.25, 0.3) is 17.1 Å². The van der Waals surface area contributed by atoms with Gasteiger partial charge in [-0.2, -0.15) is 5.26 Å². The van der Waals surface area contributed by atoms with Crippen molar-refractivity contribution in [3.8, 4) is 11.8 Å². The number of pyridine rings is 1. The molecule has 0 fully saturated rings. The minimum Gasteiger partial charge on any atom is -0.487 e. The maximum absolute atomic E-state index is 12.6. The van der Waals surface area contributed by atoms with E-state index in [1.807, 2.05) is 72.8 Å². The first kappa shape index (κ1) is 19.1. The van der Waals surface area contributed by atoms with Gasteiger partial charge in [-0.05, 0) is 48.0 Å². The second-order valence-corrected chi connectivity index (χ2v) is 6.62. The lowest BCUT2D eigenvalue weighted by molar-refractivity contribution is -0.114. The SMILES string of the molecule is N#CC(C(=O)/C=C/c1ccc(OCc2ccccn2)cc1)c1nc2ccccc2[nH]1. The van der Waals surface area contributed by atoms with Crippen molar-refractivity contribution in [2.75, 3.05) is 0 Å². The summed E-state index contributed by atoms with van der Waals surface area (Å²) in [7, 11) is 0. The molecule has 0 saturated carbocycles. The van der Waals surface area contributed by atoms with Gasteiger partial charge in [-0.3, -0.25) is 9.78 Å². The van der Waals surface area contributed by atoms with E-state index in [4.69, 9.17) is 4.74 Å². The second-order valence-electron chi connectivity index (χ2n) is 6.62. The molecule has 1 atom stereocenters. The van der Waals surface area contributed by atoms with Crippen LogP contribution in [0.3, 0.4) is 0 Å². The van der Waals surface area contributed by atoms with Crippen LogP contribution in [0.4, 0.5) is 0 Å². The van der Waals surface area contributed by atoms with Crippen LogP contribution in [0.15, 0.2) is 79.0 Å². The monoisotopic (exact) mass is 394 g/mol. The van der Waals surface area contributed by atoms with Crippen molar-refractivity contribution < 1.29 is 9.53 Å². The molecule has 0 radical (unpaired) electrons. The van der Waals surface area contributed by atoms with Crippen molar-refractivity contribution in [1.82, 2.24) is 15.0 Å². The van der Waals surface area contributed by atoms with Gasteiger partial charge in [0.15, 0.2) is 11.7 Å². The normalized spacial score (nSPS) is 12.0. The molecule has 4 aromatic rings. The molecule has 30 heavy (non-hydrogen) atoms. The molecule has 0 bridgehead atoms. The van der Waals surface area contributed by atoms with Crippen molar-refractivity contribution in [3.63, 3.8) is 0 Å². The fourth-order valence-electron chi connectivity index (χ4n) is 2.96. The molecule has 146 valence electrons. The first-order chi connectivity index (χ1) is 14.7. The van der Waals surface area contributed by atoms with E-state index < -0.39 is 5.92 Å². The van der Waals surface area contributed by atoms with Crippen LogP contribution >= 0.6 is 0 Å². The van der Waals surface area contributed by atoms with E-state index >= 15 is 0 Å². The van der Waals surface area contributed by atoms with Crippen LogP contribution < -0.4 is 4.74 Å². The fraction of sp³-hybridized carbons (Fsp3) is 0.0833. The van der Waals surface area contributed by atoms with Gasteiger partial charge < -0.3 is 9.72 Å². The smallest absolute Gasteiger partial charge is 0.180 e. The lowest BCUT2D eigenvalue weighted by Gasteiger charge is -2.05. The number of ketones is 1. The predicted molar refractivity (Wildman–Crippen MR) is 113 cm³/mol. The largest absolute Gasteiger partial charge is 0.487 e.